The number of carbonyl (C=O) groups is 8. The van der Waals surface area contributed by atoms with Gasteiger partial charge in [0.25, 0.3) is 17.7 Å². The Balaban J connectivity index is 0.885. The van der Waals surface area contributed by atoms with Crippen LogP contribution in [0.15, 0.2) is 79.3 Å². The Bertz CT molecular complexity index is 2910. The van der Waals surface area contributed by atoms with E-state index in [1.807, 2.05) is 11.9 Å². The lowest BCUT2D eigenvalue weighted by Gasteiger charge is -2.25. The van der Waals surface area contributed by atoms with Crippen LogP contribution in [0, 0.1) is 5.92 Å². The molecule has 0 unspecified atom stereocenters. The molecule has 0 radical (unpaired) electrons. The maximum Gasteiger partial charge on any atom is 0.407 e. The van der Waals surface area contributed by atoms with Crippen LogP contribution in [-0.2, 0) is 54.3 Å². The zero-order chi connectivity index (χ0) is 60.9. The van der Waals surface area contributed by atoms with Gasteiger partial charge < -0.3 is 81.4 Å². The van der Waals surface area contributed by atoms with Gasteiger partial charge in [0.05, 0.1) is 102 Å². The maximum absolute atomic E-state index is 13.7. The van der Waals surface area contributed by atoms with Crippen LogP contribution in [0.4, 0.5) is 32.5 Å². The summed E-state index contributed by atoms with van der Waals surface area (Å²) in [5.41, 5.74) is 14.5. The molecule has 2 atom stereocenters. The number of nitrogen functional groups attached to an aromatic ring is 1. The largest absolute Gasteiger partial charge is 0.493 e. The number of anilines is 4. The molecule has 0 saturated carbocycles. The number of alkyl carbamates (subject to hydrolysis) is 1. The van der Waals surface area contributed by atoms with Gasteiger partial charge in [-0.25, -0.2) is 19.6 Å². The number of hydrogen-bond acceptors (Lipinski definition) is 20. The number of urea groups is 1. The van der Waals surface area contributed by atoms with Crippen molar-refractivity contribution in [2.75, 3.05) is 121 Å². The lowest BCUT2D eigenvalue weighted by Crippen LogP contribution is -2.54. The Labute approximate surface area is 491 Å². The van der Waals surface area contributed by atoms with Gasteiger partial charge in [0.2, 0.25) is 17.7 Å². The fraction of sp³-hybridized carbons (Fsp3) is 0.456. The average Bonchev–Trinajstić information content (AvgIpc) is 3.98. The predicted octanol–water partition coefficient (Wildman–Crippen LogP) is 2.68. The van der Waals surface area contributed by atoms with E-state index in [2.05, 4.69) is 46.9 Å². The molecule has 0 fully saturated rings. The monoisotopic (exact) mass is 1180 g/mol. The fourth-order valence-corrected chi connectivity index (χ4v) is 8.33. The molecule has 4 heterocycles. The summed E-state index contributed by atoms with van der Waals surface area (Å²) in [7, 11) is 1.90. The van der Waals surface area contributed by atoms with Crippen LogP contribution in [0.3, 0.4) is 0 Å². The van der Waals surface area contributed by atoms with Crippen molar-refractivity contribution in [2.45, 2.75) is 64.6 Å². The Morgan fingerprint density at radius 3 is 2.20 bits per heavy atom. The van der Waals surface area contributed by atoms with E-state index in [-0.39, 0.29) is 114 Å². The van der Waals surface area contributed by atoms with Gasteiger partial charge in [-0.3, -0.25) is 38.7 Å². The molecule has 0 spiro atoms. The van der Waals surface area contributed by atoms with Crippen molar-refractivity contribution >= 4 is 70.4 Å². The van der Waals surface area contributed by atoms with E-state index in [0.717, 1.165) is 10.6 Å². The Kier molecular flexibility index (Phi) is 26.5. The van der Waals surface area contributed by atoms with Crippen LogP contribution in [0.1, 0.15) is 62.0 Å². The van der Waals surface area contributed by atoms with Crippen molar-refractivity contribution in [2.24, 2.45) is 11.7 Å². The second-order valence-corrected chi connectivity index (χ2v) is 19.7. The third kappa shape index (κ3) is 22.3. The third-order valence-corrected chi connectivity index (χ3v) is 12.8. The van der Waals surface area contributed by atoms with E-state index >= 15 is 0 Å². The summed E-state index contributed by atoms with van der Waals surface area (Å²) in [5.74, 6) is -2.28. The Morgan fingerprint density at radius 2 is 1.49 bits per heavy atom. The van der Waals surface area contributed by atoms with Crippen molar-refractivity contribution < 1.29 is 71.5 Å². The molecule has 9 amide bonds. The second-order valence-electron chi connectivity index (χ2n) is 19.7. The number of benzene rings is 2. The van der Waals surface area contributed by atoms with Gasteiger partial charge in [0.1, 0.15) is 30.2 Å². The highest BCUT2D eigenvalue weighted by molar-refractivity contribution is 6.13. The molecule has 0 aliphatic carbocycles. The smallest absolute Gasteiger partial charge is 0.407 e. The number of imide groups is 1. The first-order valence-corrected chi connectivity index (χ1v) is 27.8. The molecule has 28 heteroatoms. The molecule has 2 aliphatic rings. The fourth-order valence-electron chi connectivity index (χ4n) is 8.33. The number of nitrogens with two attached hydrogens (primary N) is 2. The quantitative estimate of drug-likeness (QED) is 0.0257. The molecule has 2 aromatic heterocycles. The first kappa shape index (κ1) is 65.2. The molecule has 2 aliphatic heterocycles. The van der Waals surface area contributed by atoms with E-state index in [9.17, 15) is 38.4 Å². The number of amides is 9. The number of primary amides is 1. The Morgan fingerprint density at radius 1 is 0.800 bits per heavy atom. The molecule has 458 valence electrons. The van der Waals surface area contributed by atoms with Crippen LogP contribution < -0.4 is 57.7 Å². The van der Waals surface area contributed by atoms with Crippen LogP contribution in [-0.4, -0.2) is 179 Å². The summed E-state index contributed by atoms with van der Waals surface area (Å²) in [6, 6.07) is 10.8. The molecule has 0 saturated heterocycles. The molecular weight excluding hydrogens is 1110 g/mol. The van der Waals surface area contributed by atoms with Gasteiger partial charge in [-0.05, 0) is 67.5 Å². The highest BCUT2D eigenvalue weighted by atomic mass is 16.6. The zero-order valence-corrected chi connectivity index (χ0v) is 47.9. The molecule has 85 heavy (non-hydrogen) atoms. The van der Waals surface area contributed by atoms with E-state index in [0.29, 0.717) is 85.5 Å². The predicted molar refractivity (Wildman–Crippen MR) is 310 cm³/mol. The molecule has 4 aromatic rings. The minimum absolute atomic E-state index is 0.0418. The lowest BCUT2D eigenvalue weighted by atomic mass is 10.0. The second kappa shape index (κ2) is 34.6. The van der Waals surface area contributed by atoms with Crippen molar-refractivity contribution in [3.05, 3.63) is 90.5 Å². The number of ether oxygens (including phenoxy) is 7. The SMILES string of the molecule is CC(C)[C@H](NC(=O)CCOCCOCCOCCOCCN1C(=O)C=CC1=O)C(=O)N[C@@H](CCCNC(N)=O)C(=O)Nc1ccc(COC(=O)NCCCOc2cc3cc(c2)-c2cnc(N)c(n2)C(=O)Nc2cnccc2N(C)CCCO3)cc1. The van der Waals surface area contributed by atoms with Gasteiger partial charge in [-0.15, -0.1) is 0 Å². The van der Waals surface area contributed by atoms with Crippen molar-refractivity contribution in [1.82, 2.24) is 41.1 Å². The first-order chi connectivity index (χ1) is 41.0. The molecule has 6 rings (SSSR count). The third-order valence-electron chi connectivity index (χ3n) is 12.8. The van der Waals surface area contributed by atoms with E-state index in [1.54, 1.807) is 74.8 Å². The molecule has 28 nitrogen and oxygen atoms in total. The van der Waals surface area contributed by atoms with Crippen LogP contribution in [0.5, 0.6) is 11.5 Å². The normalized spacial score (nSPS) is 13.8. The number of rotatable bonds is 32. The van der Waals surface area contributed by atoms with E-state index in [4.69, 9.17) is 44.6 Å². The Hall–Kier alpha value is -8.99. The number of fused-ring (bicyclic) bond motifs is 6. The number of aromatic nitrogens is 3. The van der Waals surface area contributed by atoms with Crippen molar-refractivity contribution in [1.29, 1.82) is 0 Å². The summed E-state index contributed by atoms with van der Waals surface area (Å²) < 4.78 is 39.5. The topological polar surface area (TPSA) is 371 Å². The van der Waals surface area contributed by atoms with Crippen LogP contribution >= 0.6 is 0 Å². The summed E-state index contributed by atoms with van der Waals surface area (Å²) in [4.78, 5) is 117. The van der Waals surface area contributed by atoms with Crippen LogP contribution in [0.25, 0.3) is 11.3 Å². The van der Waals surface area contributed by atoms with Gasteiger partial charge in [-0.2, -0.15) is 0 Å². The lowest BCUT2D eigenvalue weighted by molar-refractivity contribution is -0.137. The molecular formula is C57H75N13O15. The molecule has 10 N–H and O–H groups in total. The van der Waals surface area contributed by atoms with Crippen molar-refractivity contribution in [3.8, 4) is 22.8 Å². The number of pyridine rings is 1. The highest BCUT2D eigenvalue weighted by Gasteiger charge is 2.29. The van der Waals surface area contributed by atoms with E-state index < -0.39 is 47.8 Å². The highest BCUT2D eigenvalue weighted by Crippen LogP contribution is 2.31. The molecule has 4 bridgehead atoms. The standard InChI is InChI=1S/C57H75N13O15/c1-37(2)50(68-47(71)15-23-79-25-27-81-29-30-82-28-26-80-24-20-70-48(72)12-13-49(70)73)54(75)66-43(7-4-16-61-56(59)77)53(74)64-40-10-8-38(9-11-40)36-85-57(78)62-17-5-21-83-41-31-39-32-42(33-41)84-22-6-19-69(3)46-14-18-60-34-45(46)67-55(76)51-52(58)63-35-44(39)65-51/h8-14,18,31-35,37,43,50H,4-7,15-17,19-30,36H2,1-3H3,(H2,58,63)(H,62,78)(H,64,74)(H,66,75)(H,67,76)(H,68,71)(H3,59,61,77)/t43-,50-/m0/s1. The number of nitrogens with one attached hydrogen (secondary N) is 6. The summed E-state index contributed by atoms with van der Waals surface area (Å²) in [6.45, 7) is 7.10. The van der Waals surface area contributed by atoms with Gasteiger partial charge in [0, 0.05) is 68.8 Å². The summed E-state index contributed by atoms with van der Waals surface area (Å²) in [5, 5.41) is 16.3. The number of nitrogens with zero attached hydrogens (tertiary/aromatic N) is 5. The number of hydrogen-bond donors (Lipinski definition) is 8. The van der Waals surface area contributed by atoms with E-state index in [1.165, 1.54) is 18.3 Å². The first-order valence-electron chi connectivity index (χ1n) is 27.8. The summed E-state index contributed by atoms with van der Waals surface area (Å²) in [6.07, 6.45) is 7.87. The van der Waals surface area contributed by atoms with Gasteiger partial charge >= 0.3 is 12.1 Å². The minimum atomic E-state index is -1.07. The zero-order valence-electron chi connectivity index (χ0n) is 47.9. The average molecular weight is 1180 g/mol. The van der Waals surface area contributed by atoms with Gasteiger partial charge in [-0.1, -0.05) is 26.0 Å². The number of carbonyl (C=O) groups excluding carboxylic acids is 8. The maximum atomic E-state index is 13.7. The van der Waals surface area contributed by atoms with Crippen molar-refractivity contribution in [3.63, 3.8) is 0 Å². The van der Waals surface area contributed by atoms with Crippen LogP contribution in [0.2, 0.25) is 0 Å². The summed E-state index contributed by atoms with van der Waals surface area (Å²) >= 11 is 0. The molecule has 2 aromatic carbocycles. The van der Waals surface area contributed by atoms with Gasteiger partial charge in [0.15, 0.2) is 11.5 Å². The minimum Gasteiger partial charge on any atom is -0.493 e.